The van der Waals surface area contributed by atoms with Crippen molar-refractivity contribution in [1.82, 2.24) is 15.2 Å². The van der Waals surface area contributed by atoms with E-state index in [0.717, 1.165) is 42.1 Å². The zero-order valence-electron chi connectivity index (χ0n) is 17.4. The SMILES string of the molecule is O=C(c1cc2cc(OCCCC3CCCCNC3)ccc2[nH]1)N1CCC(F)(F)CC1. The number of H-pyrrole nitrogens is 1. The van der Waals surface area contributed by atoms with Crippen LogP contribution in [0.15, 0.2) is 24.3 Å². The average Bonchev–Trinajstić information content (AvgIpc) is 2.98. The third-order valence-corrected chi connectivity index (χ3v) is 6.28. The number of likely N-dealkylation sites (tertiary alicyclic amines) is 1. The summed E-state index contributed by atoms with van der Waals surface area (Å²) in [6.45, 7) is 3.11. The van der Waals surface area contributed by atoms with Crippen molar-refractivity contribution in [3.63, 3.8) is 0 Å². The molecule has 30 heavy (non-hydrogen) atoms. The molecule has 7 heteroatoms. The number of halogens is 2. The van der Waals surface area contributed by atoms with E-state index in [-0.39, 0.29) is 31.8 Å². The summed E-state index contributed by atoms with van der Waals surface area (Å²) in [5, 5.41) is 4.40. The Hall–Kier alpha value is -2.15. The van der Waals surface area contributed by atoms with Crippen LogP contribution in [0.25, 0.3) is 10.9 Å². The van der Waals surface area contributed by atoms with Gasteiger partial charge in [0.2, 0.25) is 0 Å². The van der Waals surface area contributed by atoms with E-state index in [4.69, 9.17) is 4.74 Å². The molecular weight excluding hydrogens is 388 g/mol. The number of benzene rings is 1. The smallest absolute Gasteiger partial charge is 0.270 e. The minimum Gasteiger partial charge on any atom is -0.494 e. The first-order valence-electron chi connectivity index (χ1n) is 11.1. The standard InChI is InChI=1S/C23H31F2N3O2/c24-23(25)8-11-28(12-9-23)22(29)21-15-18-14-19(6-7-20(18)27-21)30-13-3-5-17-4-1-2-10-26-16-17/h6-7,14-15,17,26-27H,1-5,8-13,16H2. The molecule has 3 heterocycles. The average molecular weight is 420 g/mol. The molecule has 1 aromatic carbocycles. The van der Waals surface area contributed by atoms with Crippen molar-refractivity contribution in [1.29, 1.82) is 0 Å². The van der Waals surface area contributed by atoms with Crippen molar-refractivity contribution in [3.8, 4) is 5.75 Å². The van der Waals surface area contributed by atoms with Crippen LogP contribution in [0.5, 0.6) is 5.75 Å². The zero-order chi connectivity index (χ0) is 21.0. The van der Waals surface area contributed by atoms with Gasteiger partial charge in [-0.3, -0.25) is 4.79 Å². The van der Waals surface area contributed by atoms with Crippen molar-refractivity contribution in [2.75, 3.05) is 32.8 Å². The number of aromatic amines is 1. The van der Waals surface area contributed by atoms with Gasteiger partial charge in [0.05, 0.1) is 6.61 Å². The molecule has 0 bridgehead atoms. The van der Waals surface area contributed by atoms with E-state index < -0.39 is 5.92 Å². The Morgan fingerprint density at radius 1 is 1.20 bits per heavy atom. The van der Waals surface area contributed by atoms with Crippen molar-refractivity contribution < 1.29 is 18.3 Å². The number of hydrogen-bond acceptors (Lipinski definition) is 3. The first kappa shape index (κ1) is 21.1. The molecule has 0 radical (unpaired) electrons. The molecular formula is C23H31F2N3O2. The summed E-state index contributed by atoms with van der Waals surface area (Å²) in [6.07, 6.45) is 5.55. The maximum atomic E-state index is 13.3. The van der Waals surface area contributed by atoms with E-state index in [1.54, 1.807) is 6.07 Å². The Balaban J connectivity index is 1.30. The Labute approximate surface area is 176 Å². The molecule has 2 aromatic rings. The number of rotatable bonds is 6. The molecule has 1 amide bonds. The quantitative estimate of drug-likeness (QED) is 0.674. The predicted octanol–water partition coefficient (Wildman–Crippen LogP) is 4.59. The lowest BCUT2D eigenvalue weighted by atomic mass is 9.98. The van der Waals surface area contributed by atoms with Gasteiger partial charge in [-0.1, -0.05) is 6.42 Å². The number of carbonyl (C=O) groups is 1. The van der Waals surface area contributed by atoms with Gasteiger partial charge in [-0.2, -0.15) is 0 Å². The summed E-state index contributed by atoms with van der Waals surface area (Å²) < 4.78 is 32.6. The second kappa shape index (κ2) is 9.33. The monoisotopic (exact) mass is 419 g/mol. The summed E-state index contributed by atoms with van der Waals surface area (Å²) in [5.41, 5.74) is 1.28. The fraction of sp³-hybridized carbons (Fsp3) is 0.609. The van der Waals surface area contributed by atoms with Crippen LogP contribution in [0.1, 0.15) is 55.4 Å². The number of ether oxygens (including phenoxy) is 1. The Kier molecular flexibility index (Phi) is 6.56. The van der Waals surface area contributed by atoms with E-state index in [9.17, 15) is 13.6 Å². The van der Waals surface area contributed by atoms with Crippen LogP contribution in [0.3, 0.4) is 0 Å². The fourth-order valence-corrected chi connectivity index (χ4v) is 4.42. The second-order valence-electron chi connectivity index (χ2n) is 8.64. The molecule has 2 fully saturated rings. The molecule has 164 valence electrons. The van der Waals surface area contributed by atoms with Crippen molar-refractivity contribution in [2.24, 2.45) is 5.92 Å². The minimum atomic E-state index is -2.66. The van der Waals surface area contributed by atoms with Crippen LogP contribution in [0.2, 0.25) is 0 Å². The second-order valence-corrected chi connectivity index (χ2v) is 8.64. The molecule has 0 saturated carbocycles. The topological polar surface area (TPSA) is 57.4 Å². The maximum absolute atomic E-state index is 13.3. The van der Waals surface area contributed by atoms with Gasteiger partial charge < -0.3 is 19.9 Å². The largest absolute Gasteiger partial charge is 0.494 e. The van der Waals surface area contributed by atoms with Gasteiger partial charge in [0.25, 0.3) is 11.8 Å². The molecule has 0 spiro atoms. The number of piperidine rings is 1. The van der Waals surface area contributed by atoms with Gasteiger partial charge in [-0.05, 0) is 69.0 Å². The first-order valence-corrected chi connectivity index (χ1v) is 11.1. The van der Waals surface area contributed by atoms with Gasteiger partial charge in [0, 0.05) is 36.8 Å². The van der Waals surface area contributed by atoms with Gasteiger partial charge in [-0.15, -0.1) is 0 Å². The highest BCUT2D eigenvalue weighted by Crippen LogP contribution is 2.29. The molecule has 1 unspecified atom stereocenters. The number of hydrogen-bond donors (Lipinski definition) is 2. The van der Waals surface area contributed by atoms with Gasteiger partial charge in [0.15, 0.2) is 0 Å². The zero-order valence-corrected chi connectivity index (χ0v) is 17.4. The molecule has 2 saturated heterocycles. The van der Waals surface area contributed by atoms with Crippen LogP contribution in [0, 0.1) is 5.92 Å². The number of carbonyl (C=O) groups excluding carboxylic acids is 1. The van der Waals surface area contributed by atoms with Crippen LogP contribution >= 0.6 is 0 Å². The lowest BCUT2D eigenvalue weighted by Crippen LogP contribution is -2.42. The van der Waals surface area contributed by atoms with Gasteiger partial charge in [0.1, 0.15) is 11.4 Å². The molecule has 1 atom stereocenters. The number of nitrogens with zero attached hydrogens (tertiary/aromatic N) is 1. The van der Waals surface area contributed by atoms with Gasteiger partial charge >= 0.3 is 0 Å². The third kappa shape index (κ3) is 5.31. The van der Waals surface area contributed by atoms with Crippen molar-refractivity contribution in [2.45, 2.75) is 50.9 Å². The van der Waals surface area contributed by atoms with Crippen LogP contribution in [0.4, 0.5) is 8.78 Å². The van der Waals surface area contributed by atoms with Crippen LogP contribution in [-0.2, 0) is 0 Å². The van der Waals surface area contributed by atoms with E-state index in [1.807, 2.05) is 18.2 Å². The van der Waals surface area contributed by atoms with Crippen molar-refractivity contribution >= 4 is 16.8 Å². The van der Waals surface area contributed by atoms with E-state index in [0.29, 0.717) is 12.3 Å². The lowest BCUT2D eigenvalue weighted by molar-refractivity contribution is -0.0495. The highest BCUT2D eigenvalue weighted by molar-refractivity contribution is 5.98. The molecule has 2 aliphatic rings. The van der Waals surface area contributed by atoms with Crippen molar-refractivity contribution in [3.05, 3.63) is 30.0 Å². The number of aromatic nitrogens is 1. The third-order valence-electron chi connectivity index (χ3n) is 6.28. The number of alkyl halides is 2. The van der Waals surface area contributed by atoms with Gasteiger partial charge in [-0.25, -0.2) is 8.78 Å². The summed E-state index contributed by atoms with van der Waals surface area (Å²) in [5.74, 6) is -1.35. The first-order chi connectivity index (χ1) is 14.5. The lowest BCUT2D eigenvalue weighted by Gasteiger charge is -2.31. The summed E-state index contributed by atoms with van der Waals surface area (Å²) in [6, 6.07) is 7.53. The van der Waals surface area contributed by atoms with Crippen LogP contribution < -0.4 is 10.1 Å². The minimum absolute atomic E-state index is 0.0894. The number of amides is 1. The predicted molar refractivity (Wildman–Crippen MR) is 113 cm³/mol. The normalized spacial score (nSPS) is 22.1. The Morgan fingerprint density at radius 3 is 2.87 bits per heavy atom. The summed E-state index contributed by atoms with van der Waals surface area (Å²) in [7, 11) is 0. The van der Waals surface area contributed by atoms with E-state index in [1.165, 1.54) is 30.6 Å². The molecule has 2 N–H and O–H groups in total. The Morgan fingerprint density at radius 2 is 2.03 bits per heavy atom. The highest BCUT2D eigenvalue weighted by Gasteiger charge is 2.36. The molecule has 1 aromatic heterocycles. The number of fused-ring (bicyclic) bond motifs is 1. The molecule has 5 nitrogen and oxygen atoms in total. The van der Waals surface area contributed by atoms with Crippen LogP contribution in [-0.4, -0.2) is 54.5 Å². The number of nitrogens with one attached hydrogen (secondary N) is 2. The Bertz CT molecular complexity index is 849. The highest BCUT2D eigenvalue weighted by atomic mass is 19.3. The summed E-state index contributed by atoms with van der Waals surface area (Å²) >= 11 is 0. The maximum Gasteiger partial charge on any atom is 0.270 e. The molecule has 2 aliphatic heterocycles. The van der Waals surface area contributed by atoms with E-state index >= 15 is 0 Å². The molecule has 0 aliphatic carbocycles. The summed E-state index contributed by atoms with van der Waals surface area (Å²) in [4.78, 5) is 17.3. The molecule has 4 rings (SSSR count). The fourth-order valence-electron chi connectivity index (χ4n) is 4.42. The van der Waals surface area contributed by atoms with E-state index in [2.05, 4.69) is 10.3 Å².